The number of fused-ring (bicyclic) bond motifs is 1. The quantitative estimate of drug-likeness (QED) is 0.713. The lowest BCUT2D eigenvalue weighted by Crippen LogP contribution is -2.29. The van der Waals surface area contributed by atoms with Crippen molar-refractivity contribution in [3.8, 4) is 10.8 Å². The maximum atomic E-state index is 10.9. The van der Waals surface area contributed by atoms with E-state index in [2.05, 4.69) is 15.0 Å². The molecule has 0 atom stereocenters. The van der Waals surface area contributed by atoms with E-state index >= 15 is 0 Å². The normalized spacial score (nSPS) is 11.9. The van der Waals surface area contributed by atoms with Crippen molar-refractivity contribution in [3.63, 3.8) is 0 Å². The summed E-state index contributed by atoms with van der Waals surface area (Å²) in [6.45, 7) is 0.143. The van der Waals surface area contributed by atoms with E-state index in [0.29, 0.717) is 5.75 Å². The molecule has 116 valence electrons. The van der Waals surface area contributed by atoms with Crippen LogP contribution in [0.25, 0.3) is 16.0 Å². The van der Waals surface area contributed by atoms with Crippen LogP contribution in [0.2, 0.25) is 0 Å². The van der Waals surface area contributed by atoms with Gasteiger partial charge in [-0.15, -0.1) is 16.4 Å². The average molecular weight is 339 g/mol. The summed E-state index contributed by atoms with van der Waals surface area (Å²) in [6, 6.07) is 9.17. The number of aromatic nitrogens is 3. The van der Waals surface area contributed by atoms with Gasteiger partial charge >= 0.3 is 0 Å². The summed E-state index contributed by atoms with van der Waals surface area (Å²) in [4.78, 5) is 0.821. The fourth-order valence-corrected chi connectivity index (χ4v) is 3.29. The van der Waals surface area contributed by atoms with Crippen molar-refractivity contribution >= 4 is 32.6 Å². The van der Waals surface area contributed by atoms with Crippen LogP contribution in [0.3, 0.4) is 0 Å². The van der Waals surface area contributed by atoms with Gasteiger partial charge in [-0.05, 0) is 24.3 Å². The molecule has 3 rings (SSSR count). The molecule has 0 aliphatic heterocycles. The number of nitrogens with one attached hydrogen (secondary N) is 1. The van der Waals surface area contributed by atoms with Crippen LogP contribution in [0.15, 0.2) is 30.3 Å². The van der Waals surface area contributed by atoms with E-state index in [0.717, 1.165) is 20.9 Å². The third-order valence-electron chi connectivity index (χ3n) is 2.96. The Morgan fingerprint density at radius 3 is 2.91 bits per heavy atom. The van der Waals surface area contributed by atoms with Crippen molar-refractivity contribution in [3.05, 3.63) is 35.2 Å². The van der Waals surface area contributed by atoms with Crippen molar-refractivity contribution in [2.24, 2.45) is 5.14 Å². The van der Waals surface area contributed by atoms with Gasteiger partial charge in [0, 0.05) is 17.5 Å². The van der Waals surface area contributed by atoms with Gasteiger partial charge in [-0.25, -0.2) is 9.82 Å². The third-order valence-corrected chi connectivity index (χ3v) is 4.56. The largest absolute Gasteiger partial charge is 0.497 e. The summed E-state index contributed by atoms with van der Waals surface area (Å²) in [5, 5.41) is 14.0. The molecule has 0 fully saturated rings. The van der Waals surface area contributed by atoms with Crippen LogP contribution in [0.4, 0.5) is 0 Å². The lowest BCUT2D eigenvalue weighted by molar-refractivity contribution is 0.415. The van der Waals surface area contributed by atoms with E-state index in [1.54, 1.807) is 17.9 Å². The molecule has 0 spiro atoms. The summed E-state index contributed by atoms with van der Waals surface area (Å²) >= 11 is 1.40. The molecule has 2 heterocycles. The van der Waals surface area contributed by atoms with Gasteiger partial charge in [0.05, 0.1) is 12.6 Å². The molecule has 22 heavy (non-hydrogen) atoms. The summed E-state index contributed by atoms with van der Waals surface area (Å²) < 4.78 is 30.9. The average Bonchev–Trinajstić information content (AvgIpc) is 3.09. The van der Waals surface area contributed by atoms with Gasteiger partial charge in [0.15, 0.2) is 0 Å². The Hall–Kier alpha value is -2.01. The first-order valence-electron chi connectivity index (χ1n) is 6.22. The number of nitrogens with zero attached hydrogens (tertiary/aromatic N) is 3. The first-order valence-corrected chi connectivity index (χ1v) is 8.58. The molecule has 0 aliphatic rings. The van der Waals surface area contributed by atoms with E-state index in [9.17, 15) is 8.42 Å². The molecule has 10 heteroatoms. The molecule has 0 saturated heterocycles. The van der Waals surface area contributed by atoms with Crippen molar-refractivity contribution in [1.82, 2.24) is 19.7 Å². The zero-order valence-electron chi connectivity index (χ0n) is 11.6. The lowest BCUT2D eigenvalue weighted by Gasteiger charge is -2.00. The highest BCUT2D eigenvalue weighted by Crippen LogP contribution is 2.25. The topological polar surface area (TPSA) is 112 Å². The van der Waals surface area contributed by atoms with Crippen LogP contribution in [-0.2, 0) is 16.8 Å². The highest BCUT2D eigenvalue weighted by Gasteiger charge is 2.11. The molecule has 3 aromatic rings. The standard InChI is InChI=1S/C12H13N5O3S2/c1-20-8-2-4-11-10(6-8)15-16-17(11)12-5-3-9(21-12)7-14-22(13,18)19/h2-6,14H,7H2,1H3,(H2,13,18,19). The van der Waals surface area contributed by atoms with Gasteiger partial charge in [-0.2, -0.15) is 13.1 Å². The predicted octanol–water partition coefficient (Wildman–Crippen LogP) is 0.784. The molecule has 0 amide bonds. The highest BCUT2D eigenvalue weighted by molar-refractivity contribution is 7.87. The summed E-state index contributed by atoms with van der Waals surface area (Å²) in [5.41, 5.74) is 1.56. The number of benzene rings is 1. The van der Waals surface area contributed by atoms with E-state index in [1.165, 1.54) is 11.3 Å². The first-order chi connectivity index (χ1) is 10.5. The molecular formula is C12H13N5O3S2. The van der Waals surface area contributed by atoms with E-state index in [1.807, 2.05) is 24.3 Å². The van der Waals surface area contributed by atoms with Gasteiger partial charge in [0.25, 0.3) is 10.2 Å². The van der Waals surface area contributed by atoms with Gasteiger partial charge in [-0.3, -0.25) is 0 Å². The molecule has 0 unspecified atom stereocenters. The first kappa shape index (κ1) is 14.9. The maximum absolute atomic E-state index is 10.9. The number of hydrogen-bond acceptors (Lipinski definition) is 6. The van der Waals surface area contributed by atoms with Crippen LogP contribution >= 0.6 is 11.3 Å². The van der Waals surface area contributed by atoms with Crippen molar-refractivity contribution in [2.45, 2.75) is 6.54 Å². The molecule has 0 aliphatic carbocycles. The summed E-state index contributed by atoms with van der Waals surface area (Å²) in [5.74, 6) is 0.712. The van der Waals surface area contributed by atoms with Crippen LogP contribution < -0.4 is 14.6 Å². The monoisotopic (exact) mass is 339 g/mol. The molecule has 3 N–H and O–H groups in total. The van der Waals surface area contributed by atoms with Gasteiger partial charge < -0.3 is 4.74 Å². The second kappa shape index (κ2) is 5.65. The summed E-state index contributed by atoms with van der Waals surface area (Å²) in [7, 11) is -2.11. The second-order valence-corrected chi connectivity index (χ2v) is 6.99. The van der Waals surface area contributed by atoms with Crippen LogP contribution in [-0.4, -0.2) is 30.5 Å². The van der Waals surface area contributed by atoms with Gasteiger partial charge in [0.1, 0.15) is 16.3 Å². The van der Waals surface area contributed by atoms with E-state index in [4.69, 9.17) is 9.88 Å². The number of ether oxygens (including phenoxy) is 1. The molecule has 2 aromatic heterocycles. The number of nitrogens with two attached hydrogens (primary N) is 1. The molecule has 1 aromatic carbocycles. The Balaban J connectivity index is 1.90. The molecule has 0 saturated carbocycles. The zero-order chi connectivity index (χ0) is 15.7. The minimum Gasteiger partial charge on any atom is -0.497 e. The van der Waals surface area contributed by atoms with E-state index in [-0.39, 0.29) is 6.54 Å². The van der Waals surface area contributed by atoms with Crippen molar-refractivity contribution < 1.29 is 13.2 Å². The van der Waals surface area contributed by atoms with Gasteiger partial charge in [-0.1, -0.05) is 5.21 Å². The Bertz CT molecular complexity index is 916. The second-order valence-electron chi connectivity index (χ2n) is 4.46. The number of methoxy groups -OCH3 is 1. The predicted molar refractivity (Wildman–Crippen MR) is 83.2 cm³/mol. The van der Waals surface area contributed by atoms with Crippen LogP contribution in [0.5, 0.6) is 5.75 Å². The summed E-state index contributed by atoms with van der Waals surface area (Å²) in [6.07, 6.45) is 0. The molecular weight excluding hydrogens is 326 g/mol. The number of rotatable bonds is 5. The lowest BCUT2D eigenvalue weighted by atomic mass is 10.3. The highest BCUT2D eigenvalue weighted by atomic mass is 32.2. The Kier molecular flexibility index (Phi) is 3.83. The zero-order valence-corrected chi connectivity index (χ0v) is 13.2. The molecule has 0 radical (unpaired) electrons. The van der Waals surface area contributed by atoms with Gasteiger partial charge in [0.2, 0.25) is 0 Å². The molecule has 0 bridgehead atoms. The van der Waals surface area contributed by atoms with Crippen LogP contribution in [0.1, 0.15) is 4.88 Å². The minimum atomic E-state index is -3.70. The SMILES string of the molecule is COc1ccc2c(c1)nnn2-c1ccc(CNS(N)(=O)=O)s1. The fourth-order valence-electron chi connectivity index (χ4n) is 1.94. The van der Waals surface area contributed by atoms with E-state index < -0.39 is 10.2 Å². The maximum Gasteiger partial charge on any atom is 0.274 e. The number of hydrogen-bond donors (Lipinski definition) is 2. The van der Waals surface area contributed by atoms with Crippen LogP contribution in [0, 0.1) is 0 Å². The Labute approximate surface area is 130 Å². The fraction of sp³-hybridized carbons (Fsp3) is 0.167. The third kappa shape index (κ3) is 3.09. The Morgan fingerprint density at radius 1 is 1.36 bits per heavy atom. The number of thiophene rings is 1. The Morgan fingerprint density at radius 2 is 2.18 bits per heavy atom. The molecule has 8 nitrogen and oxygen atoms in total. The van der Waals surface area contributed by atoms with Crippen molar-refractivity contribution in [2.75, 3.05) is 7.11 Å². The minimum absolute atomic E-state index is 0.143. The van der Waals surface area contributed by atoms with Crippen molar-refractivity contribution in [1.29, 1.82) is 0 Å². The smallest absolute Gasteiger partial charge is 0.274 e.